The standard InChI is InChI=1S/C11H16F2O2/c1-2-15-10(14)8-3-4-9-7(8)5-6-11(9,12)13/h7-9H,2-6H2,1H3/t7-,8+,9+/m1/s1. The van der Waals surface area contributed by atoms with E-state index in [1.54, 1.807) is 6.92 Å². The lowest BCUT2D eigenvalue weighted by atomic mass is 9.91. The Bertz CT molecular complexity index is 265. The van der Waals surface area contributed by atoms with Gasteiger partial charge in [-0.2, -0.15) is 0 Å². The van der Waals surface area contributed by atoms with Gasteiger partial charge < -0.3 is 4.74 Å². The lowest BCUT2D eigenvalue weighted by Crippen LogP contribution is -2.26. The summed E-state index contributed by atoms with van der Waals surface area (Å²) < 4.78 is 31.7. The molecule has 0 aliphatic heterocycles. The quantitative estimate of drug-likeness (QED) is 0.666. The van der Waals surface area contributed by atoms with Crippen molar-refractivity contribution in [1.82, 2.24) is 0 Å². The van der Waals surface area contributed by atoms with Crippen LogP contribution in [0, 0.1) is 17.8 Å². The van der Waals surface area contributed by atoms with E-state index in [0.29, 0.717) is 25.9 Å². The fraction of sp³-hybridized carbons (Fsp3) is 0.909. The van der Waals surface area contributed by atoms with Crippen molar-refractivity contribution in [2.75, 3.05) is 6.61 Å². The predicted octanol–water partition coefficient (Wildman–Crippen LogP) is 2.62. The Labute approximate surface area is 88.0 Å². The number of hydrogen-bond donors (Lipinski definition) is 0. The maximum atomic E-state index is 13.4. The van der Waals surface area contributed by atoms with Gasteiger partial charge in [-0.15, -0.1) is 0 Å². The normalized spacial score (nSPS) is 37.7. The molecular formula is C11H16F2O2. The zero-order chi connectivity index (χ0) is 11.1. The van der Waals surface area contributed by atoms with Crippen LogP contribution in [-0.4, -0.2) is 18.5 Å². The summed E-state index contributed by atoms with van der Waals surface area (Å²) >= 11 is 0. The van der Waals surface area contributed by atoms with Crippen molar-refractivity contribution in [1.29, 1.82) is 0 Å². The number of carbonyl (C=O) groups is 1. The summed E-state index contributed by atoms with van der Waals surface area (Å²) in [5.74, 6) is -3.82. The van der Waals surface area contributed by atoms with Gasteiger partial charge >= 0.3 is 5.97 Å². The minimum absolute atomic E-state index is 0.0573. The van der Waals surface area contributed by atoms with Gasteiger partial charge in [-0.25, -0.2) is 8.78 Å². The monoisotopic (exact) mass is 218 g/mol. The second kappa shape index (κ2) is 3.72. The Morgan fingerprint density at radius 1 is 1.40 bits per heavy atom. The van der Waals surface area contributed by atoms with Crippen LogP contribution in [0.4, 0.5) is 8.78 Å². The van der Waals surface area contributed by atoms with Crippen LogP contribution in [0.25, 0.3) is 0 Å². The molecule has 0 heterocycles. The van der Waals surface area contributed by atoms with Crippen LogP contribution in [-0.2, 0) is 9.53 Å². The molecule has 0 spiro atoms. The molecule has 0 amide bonds. The number of hydrogen-bond acceptors (Lipinski definition) is 2. The Morgan fingerprint density at radius 2 is 2.13 bits per heavy atom. The molecule has 2 aliphatic carbocycles. The average Bonchev–Trinajstić information content (AvgIpc) is 2.69. The molecule has 0 bridgehead atoms. The van der Waals surface area contributed by atoms with E-state index in [1.807, 2.05) is 0 Å². The second-order valence-corrected chi connectivity index (χ2v) is 4.51. The highest BCUT2D eigenvalue weighted by atomic mass is 19.3. The van der Waals surface area contributed by atoms with Crippen molar-refractivity contribution in [3.05, 3.63) is 0 Å². The van der Waals surface area contributed by atoms with E-state index in [0.717, 1.165) is 0 Å². The highest BCUT2D eigenvalue weighted by Crippen LogP contribution is 2.55. The highest BCUT2D eigenvalue weighted by Gasteiger charge is 2.56. The van der Waals surface area contributed by atoms with Crippen LogP contribution in [0.3, 0.4) is 0 Å². The molecule has 0 N–H and O–H groups in total. The number of esters is 1. The summed E-state index contributed by atoms with van der Waals surface area (Å²) in [6.45, 7) is 2.08. The molecule has 0 aromatic carbocycles. The largest absolute Gasteiger partial charge is 0.466 e. The molecule has 0 aromatic rings. The average molecular weight is 218 g/mol. The van der Waals surface area contributed by atoms with Crippen LogP contribution in [0.5, 0.6) is 0 Å². The van der Waals surface area contributed by atoms with Gasteiger partial charge in [0.05, 0.1) is 12.5 Å². The molecule has 86 valence electrons. The zero-order valence-electron chi connectivity index (χ0n) is 8.84. The van der Waals surface area contributed by atoms with E-state index in [1.165, 1.54) is 0 Å². The van der Waals surface area contributed by atoms with Crippen LogP contribution >= 0.6 is 0 Å². The third-order valence-electron chi connectivity index (χ3n) is 3.77. The molecule has 0 radical (unpaired) electrons. The molecule has 2 aliphatic rings. The molecule has 2 fully saturated rings. The van der Waals surface area contributed by atoms with Crippen LogP contribution < -0.4 is 0 Å². The molecule has 0 aromatic heterocycles. The fourth-order valence-corrected chi connectivity index (χ4v) is 3.08. The first-order valence-electron chi connectivity index (χ1n) is 5.60. The Balaban J connectivity index is 2.05. The SMILES string of the molecule is CCOC(=O)[C@H]1CC[C@H]2[C@@H]1CCC2(F)F. The molecule has 4 heteroatoms. The summed E-state index contributed by atoms with van der Waals surface area (Å²) in [5.41, 5.74) is 0. The summed E-state index contributed by atoms with van der Waals surface area (Å²) in [6.07, 6.45) is 1.46. The van der Waals surface area contributed by atoms with Crippen molar-refractivity contribution in [2.24, 2.45) is 17.8 Å². The smallest absolute Gasteiger partial charge is 0.309 e. The maximum absolute atomic E-state index is 13.4. The summed E-state index contributed by atoms with van der Waals surface area (Å²) in [7, 11) is 0. The number of rotatable bonds is 2. The van der Waals surface area contributed by atoms with E-state index in [9.17, 15) is 13.6 Å². The van der Waals surface area contributed by atoms with Crippen molar-refractivity contribution >= 4 is 5.97 Å². The van der Waals surface area contributed by atoms with Gasteiger partial charge in [-0.1, -0.05) is 0 Å². The molecule has 0 saturated heterocycles. The minimum Gasteiger partial charge on any atom is -0.466 e. The summed E-state index contributed by atoms with van der Waals surface area (Å²) in [6, 6.07) is 0. The number of fused-ring (bicyclic) bond motifs is 1. The fourth-order valence-electron chi connectivity index (χ4n) is 3.08. The first-order chi connectivity index (χ1) is 7.06. The highest BCUT2D eigenvalue weighted by molar-refractivity contribution is 5.73. The molecule has 3 atom stereocenters. The van der Waals surface area contributed by atoms with Crippen molar-refractivity contribution in [2.45, 2.75) is 38.5 Å². The molecule has 15 heavy (non-hydrogen) atoms. The Morgan fingerprint density at radius 3 is 2.80 bits per heavy atom. The van der Waals surface area contributed by atoms with Crippen LogP contribution in [0.1, 0.15) is 32.6 Å². The van der Waals surface area contributed by atoms with Crippen molar-refractivity contribution in [3.8, 4) is 0 Å². The third-order valence-corrected chi connectivity index (χ3v) is 3.77. The number of alkyl halides is 2. The van der Waals surface area contributed by atoms with E-state index in [-0.39, 0.29) is 24.2 Å². The van der Waals surface area contributed by atoms with E-state index < -0.39 is 11.8 Å². The van der Waals surface area contributed by atoms with Gasteiger partial charge in [0.2, 0.25) is 0 Å². The molecule has 2 rings (SSSR count). The van der Waals surface area contributed by atoms with Gasteiger partial charge in [-0.3, -0.25) is 4.79 Å². The molecule has 0 unspecified atom stereocenters. The molecule has 2 nitrogen and oxygen atoms in total. The van der Waals surface area contributed by atoms with Crippen LogP contribution in [0.15, 0.2) is 0 Å². The third kappa shape index (κ3) is 1.74. The minimum atomic E-state index is -2.55. The first kappa shape index (κ1) is 10.8. The van der Waals surface area contributed by atoms with E-state index in [4.69, 9.17) is 4.74 Å². The van der Waals surface area contributed by atoms with Gasteiger partial charge in [0.1, 0.15) is 0 Å². The summed E-state index contributed by atoms with van der Waals surface area (Å²) in [5, 5.41) is 0. The first-order valence-corrected chi connectivity index (χ1v) is 5.60. The second-order valence-electron chi connectivity index (χ2n) is 4.51. The lowest BCUT2D eigenvalue weighted by Gasteiger charge is -2.19. The number of carbonyl (C=O) groups excluding carboxylic acids is 1. The predicted molar refractivity (Wildman–Crippen MR) is 50.5 cm³/mol. The van der Waals surface area contributed by atoms with Gasteiger partial charge in [0, 0.05) is 12.3 Å². The zero-order valence-corrected chi connectivity index (χ0v) is 8.84. The molecular weight excluding hydrogens is 202 g/mol. The molecule has 2 saturated carbocycles. The Hall–Kier alpha value is -0.670. The van der Waals surface area contributed by atoms with E-state index >= 15 is 0 Å². The topological polar surface area (TPSA) is 26.3 Å². The van der Waals surface area contributed by atoms with E-state index in [2.05, 4.69) is 0 Å². The summed E-state index contributed by atoms with van der Waals surface area (Å²) in [4.78, 5) is 11.5. The number of halogens is 2. The Kier molecular flexibility index (Phi) is 2.69. The number of ether oxygens (including phenoxy) is 1. The van der Waals surface area contributed by atoms with Gasteiger partial charge in [0.15, 0.2) is 0 Å². The van der Waals surface area contributed by atoms with Gasteiger partial charge in [0.25, 0.3) is 5.92 Å². The van der Waals surface area contributed by atoms with Crippen LogP contribution in [0.2, 0.25) is 0 Å². The van der Waals surface area contributed by atoms with Gasteiger partial charge in [-0.05, 0) is 32.1 Å². The lowest BCUT2D eigenvalue weighted by molar-refractivity contribution is -0.149. The maximum Gasteiger partial charge on any atom is 0.309 e. The van der Waals surface area contributed by atoms with Crippen molar-refractivity contribution < 1.29 is 18.3 Å². The van der Waals surface area contributed by atoms with Crippen molar-refractivity contribution in [3.63, 3.8) is 0 Å².